The molecule has 1 aliphatic rings. The minimum absolute atomic E-state index is 0. The van der Waals surface area contributed by atoms with Crippen molar-refractivity contribution in [3.05, 3.63) is 29.8 Å². The van der Waals surface area contributed by atoms with Crippen molar-refractivity contribution in [2.24, 2.45) is 10.4 Å². The quantitative estimate of drug-likeness (QED) is 0.277. The molecule has 0 saturated heterocycles. The number of nitrogens with one attached hydrogen (secondary N) is 3. The summed E-state index contributed by atoms with van der Waals surface area (Å²) in [6.07, 6.45) is 4.08. The summed E-state index contributed by atoms with van der Waals surface area (Å²) in [7, 11) is -1.64. The lowest BCUT2D eigenvalue weighted by Gasteiger charge is -2.23. The Kier molecular flexibility index (Phi) is 9.69. The number of hydrogen-bond acceptors (Lipinski definition) is 3. The van der Waals surface area contributed by atoms with E-state index in [-0.39, 0.29) is 30.0 Å². The molecule has 0 amide bonds. The van der Waals surface area contributed by atoms with Gasteiger partial charge < -0.3 is 10.6 Å². The molecular formula is C20H35IN4O2S. The Morgan fingerprint density at radius 2 is 1.82 bits per heavy atom. The summed E-state index contributed by atoms with van der Waals surface area (Å²) >= 11 is 0. The van der Waals surface area contributed by atoms with Crippen molar-refractivity contribution in [1.82, 2.24) is 15.4 Å². The van der Waals surface area contributed by atoms with E-state index in [0.717, 1.165) is 37.2 Å². The van der Waals surface area contributed by atoms with Crippen LogP contribution in [-0.2, 0) is 16.6 Å². The van der Waals surface area contributed by atoms with Crippen molar-refractivity contribution < 1.29 is 8.42 Å². The Bertz CT molecular complexity index is 738. The second-order valence-electron chi connectivity index (χ2n) is 8.61. The molecule has 0 bridgehead atoms. The van der Waals surface area contributed by atoms with Crippen LogP contribution in [0, 0.1) is 5.41 Å². The van der Waals surface area contributed by atoms with Crippen LogP contribution in [0.1, 0.15) is 58.9 Å². The van der Waals surface area contributed by atoms with Crippen LogP contribution >= 0.6 is 24.0 Å². The number of hydrogen-bond donors (Lipinski definition) is 3. The zero-order valence-corrected chi connectivity index (χ0v) is 20.7. The first-order valence-electron chi connectivity index (χ1n) is 9.67. The lowest BCUT2D eigenvalue weighted by Crippen LogP contribution is -2.42. The summed E-state index contributed by atoms with van der Waals surface area (Å²) in [6, 6.07) is 7.44. The number of benzene rings is 1. The fraction of sp³-hybridized carbons (Fsp3) is 0.650. The van der Waals surface area contributed by atoms with E-state index >= 15 is 0 Å². The molecular weight excluding hydrogens is 487 g/mol. The smallest absolute Gasteiger partial charge is 0.240 e. The largest absolute Gasteiger partial charge is 0.354 e. The monoisotopic (exact) mass is 522 g/mol. The van der Waals surface area contributed by atoms with E-state index in [1.807, 2.05) is 12.1 Å². The SMILES string of the molecule is CN=C(NCc1ccc(S(=O)(=O)NC2CC2)cc1)NC(C)CCC(C)(C)C.I. The lowest BCUT2D eigenvalue weighted by atomic mass is 9.89. The van der Waals surface area contributed by atoms with Crippen molar-refractivity contribution in [2.75, 3.05) is 7.05 Å². The van der Waals surface area contributed by atoms with E-state index in [1.54, 1.807) is 19.2 Å². The molecule has 1 fully saturated rings. The number of sulfonamides is 1. The normalized spacial score (nSPS) is 16.2. The molecule has 0 aliphatic heterocycles. The molecule has 3 N–H and O–H groups in total. The second kappa shape index (κ2) is 10.8. The summed E-state index contributed by atoms with van der Waals surface area (Å²) < 4.78 is 27.1. The average molecular weight is 522 g/mol. The van der Waals surface area contributed by atoms with E-state index in [0.29, 0.717) is 22.9 Å². The standard InChI is InChI=1S/C20H34N4O2S.HI/c1-15(12-13-20(2,3)4)23-19(21-5)22-14-16-6-10-18(11-7-16)27(25,26)24-17-8-9-17;/h6-7,10-11,15,17,24H,8-9,12-14H2,1-5H3,(H2,21,22,23);1H. The van der Waals surface area contributed by atoms with Gasteiger partial charge in [0.2, 0.25) is 10.0 Å². The van der Waals surface area contributed by atoms with Crippen LogP contribution in [0.5, 0.6) is 0 Å². The van der Waals surface area contributed by atoms with Crippen molar-refractivity contribution >= 4 is 40.0 Å². The van der Waals surface area contributed by atoms with Gasteiger partial charge in [-0.25, -0.2) is 13.1 Å². The highest BCUT2D eigenvalue weighted by molar-refractivity contribution is 14.0. The first kappa shape index (κ1) is 25.2. The second-order valence-corrected chi connectivity index (χ2v) is 10.3. The molecule has 28 heavy (non-hydrogen) atoms. The first-order valence-corrected chi connectivity index (χ1v) is 11.2. The maximum absolute atomic E-state index is 12.2. The van der Waals surface area contributed by atoms with Gasteiger partial charge in [0.1, 0.15) is 0 Å². The molecule has 1 saturated carbocycles. The zero-order chi connectivity index (χ0) is 20.1. The molecule has 8 heteroatoms. The molecule has 1 aliphatic carbocycles. The molecule has 0 spiro atoms. The van der Waals surface area contributed by atoms with Crippen LogP contribution < -0.4 is 15.4 Å². The van der Waals surface area contributed by atoms with Gasteiger partial charge in [-0.2, -0.15) is 0 Å². The zero-order valence-electron chi connectivity index (χ0n) is 17.6. The van der Waals surface area contributed by atoms with Gasteiger partial charge >= 0.3 is 0 Å². The summed E-state index contributed by atoms with van der Waals surface area (Å²) in [5.74, 6) is 0.753. The van der Waals surface area contributed by atoms with Crippen molar-refractivity contribution in [3.8, 4) is 0 Å². The van der Waals surface area contributed by atoms with E-state index in [9.17, 15) is 8.42 Å². The van der Waals surface area contributed by atoms with Crippen molar-refractivity contribution in [2.45, 2.75) is 76.9 Å². The minimum Gasteiger partial charge on any atom is -0.354 e. The minimum atomic E-state index is -3.39. The van der Waals surface area contributed by atoms with E-state index < -0.39 is 10.0 Å². The van der Waals surface area contributed by atoms with Crippen LogP contribution in [0.15, 0.2) is 34.2 Å². The van der Waals surface area contributed by atoms with Crippen molar-refractivity contribution in [3.63, 3.8) is 0 Å². The van der Waals surface area contributed by atoms with Crippen LogP contribution in [0.3, 0.4) is 0 Å². The number of rotatable bonds is 8. The Labute approximate surface area is 187 Å². The molecule has 1 atom stereocenters. The van der Waals surface area contributed by atoms with Crippen LogP contribution in [0.2, 0.25) is 0 Å². The molecule has 0 heterocycles. The third-order valence-corrected chi connectivity index (χ3v) is 6.06. The molecule has 0 radical (unpaired) electrons. The van der Waals surface area contributed by atoms with Crippen LogP contribution in [0.4, 0.5) is 0 Å². The fourth-order valence-corrected chi connectivity index (χ4v) is 3.92. The Hall–Kier alpha value is -0.870. The maximum atomic E-state index is 12.2. The van der Waals surface area contributed by atoms with E-state index in [4.69, 9.17) is 0 Å². The third kappa shape index (κ3) is 9.09. The Morgan fingerprint density at radius 3 is 2.32 bits per heavy atom. The average Bonchev–Trinajstić information content (AvgIpc) is 3.39. The predicted molar refractivity (Wildman–Crippen MR) is 127 cm³/mol. The van der Waals surface area contributed by atoms with Crippen LogP contribution in [-0.4, -0.2) is 33.5 Å². The molecule has 1 aromatic carbocycles. The highest BCUT2D eigenvalue weighted by atomic mass is 127. The van der Waals surface area contributed by atoms with Gasteiger partial charge in [0.15, 0.2) is 5.96 Å². The third-order valence-electron chi connectivity index (χ3n) is 4.53. The number of guanidine groups is 1. The van der Waals surface area contributed by atoms with Gasteiger partial charge in [-0.15, -0.1) is 24.0 Å². The van der Waals surface area contributed by atoms with E-state index in [1.165, 1.54) is 0 Å². The highest BCUT2D eigenvalue weighted by Gasteiger charge is 2.27. The van der Waals surface area contributed by atoms with Gasteiger partial charge in [0.25, 0.3) is 0 Å². The molecule has 160 valence electrons. The molecule has 1 aromatic rings. The number of nitrogens with zero attached hydrogens (tertiary/aromatic N) is 1. The summed E-state index contributed by atoms with van der Waals surface area (Å²) in [5.41, 5.74) is 1.33. The summed E-state index contributed by atoms with van der Waals surface area (Å²) in [5, 5.41) is 6.69. The summed E-state index contributed by atoms with van der Waals surface area (Å²) in [4.78, 5) is 4.59. The predicted octanol–water partition coefficient (Wildman–Crippen LogP) is 3.63. The topological polar surface area (TPSA) is 82.6 Å². The first-order chi connectivity index (χ1) is 12.6. The molecule has 2 rings (SSSR count). The number of aliphatic imine (C=N–C) groups is 1. The fourth-order valence-electron chi connectivity index (χ4n) is 2.61. The van der Waals surface area contributed by atoms with Gasteiger partial charge in [-0.3, -0.25) is 4.99 Å². The number of halogens is 1. The highest BCUT2D eigenvalue weighted by Crippen LogP contribution is 2.22. The van der Waals surface area contributed by atoms with Gasteiger partial charge in [-0.05, 0) is 55.7 Å². The van der Waals surface area contributed by atoms with Crippen LogP contribution in [0.25, 0.3) is 0 Å². The van der Waals surface area contributed by atoms with Gasteiger partial charge in [0, 0.05) is 25.7 Å². The van der Waals surface area contributed by atoms with Gasteiger partial charge in [0.05, 0.1) is 4.90 Å². The lowest BCUT2D eigenvalue weighted by molar-refractivity contribution is 0.346. The van der Waals surface area contributed by atoms with E-state index in [2.05, 4.69) is 48.0 Å². The van der Waals surface area contributed by atoms with Crippen molar-refractivity contribution in [1.29, 1.82) is 0 Å². The molecule has 1 unspecified atom stereocenters. The molecule has 6 nitrogen and oxygen atoms in total. The Morgan fingerprint density at radius 1 is 1.21 bits per heavy atom. The summed E-state index contributed by atoms with van der Waals surface area (Å²) in [6.45, 7) is 9.48. The Balaban J connectivity index is 0.00000392. The van der Waals surface area contributed by atoms with Gasteiger partial charge in [-0.1, -0.05) is 32.9 Å². The maximum Gasteiger partial charge on any atom is 0.240 e. The molecule has 0 aromatic heterocycles.